The van der Waals surface area contributed by atoms with E-state index in [1.807, 2.05) is 0 Å². The van der Waals surface area contributed by atoms with Crippen molar-refractivity contribution in [3.63, 3.8) is 0 Å². The van der Waals surface area contributed by atoms with E-state index in [4.69, 9.17) is 0 Å². The van der Waals surface area contributed by atoms with Gasteiger partial charge in [0, 0.05) is 0 Å². The Kier molecular flexibility index (Phi) is 2.05. The molecule has 0 saturated heterocycles. The van der Waals surface area contributed by atoms with Crippen LogP contribution in [0, 0.1) is 6.92 Å². The molecule has 0 unspecified atom stereocenters. The summed E-state index contributed by atoms with van der Waals surface area (Å²) in [5.74, 6) is 0. The van der Waals surface area contributed by atoms with Crippen molar-refractivity contribution in [1.29, 1.82) is 0 Å². The third-order valence-electron chi connectivity index (χ3n) is 2.51. The molecular weight excluding hydrogens is 156 g/mol. The van der Waals surface area contributed by atoms with Crippen LogP contribution in [0.2, 0.25) is 0 Å². The molecular formula is C13H14. The summed E-state index contributed by atoms with van der Waals surface area (Å²) in [4.78, 5) is 0. The lowest BCUT2D eigenvalue weighted by atomic mass is 10.0. The molecule has 2 rings (SSSR count). The molecule has 2 aromatic carbocycles. The molecule has 0 heteroatoms. The Morgan fingerprint density at radius 3 is 2.69 bits per heavy atom. The molecule has 0 saturated carbocycles. The Morgan fingerprint density at radius 2 is 1.92 bits per heavy atom. The predicted octanol–water partition coefficient (Wildman–Crippen LogP) is 3.71. The molecule has 0 amide bonds. The van der Waals surface area contributed by atoms with Crippen molar-refractivity contribution in [3.8, 4) is 0 Å². The zero-order chi connectivity index (χ0) is 9.26. The molecule has 0 aliphatic carbocycles. The molecule has 0 aliphatic rings. The maximum atomic E-state index is 2.27. The molecule has 0 nitrogen and oxygen atoms in total. The summed E-state index contributed by atoms with van der Waals surface area (Å²) in [6.45, 7) is 4.35. The van der Waals surface area contributed by atoms with E-state index in [2.05, 4.69) is 50.2 Å². The molecule has 0 aromatic heterocycles. The second-order valence-corrected chi connectivity index (χ2v) is 3.50. The van der Waals surface area contributed by atoms with Gasteiger partial charge in [-0.3, -0.25) is 0 Å². The molecule has 0 radical (unpaired) electrons. The number of hydrogen-bond acceptors (Lipinski definition) is 0. The van der Waals surface area contributed by atoms with Gasteiger partial charge in [-0.25, -0.2) is 0 Å². The fraction of sp³-hybridized carbons (Fsp3) is 0.231. The number of hydrogen-bond donors (Lipinski definition) is 0. The summed E-state index contributed by atoms with van der Waals surface area (Å²) in [6.07, 6.45) is 1.11. The molecule has 0 spiro atoms. The van der Waals surface area contributed by atoms with E-state index in [0.717, 1.165) is 6.42 Å². The van der Waals surface area contributed by atoms with Crippen LogP contribution in [0.25, 0.3) is 10.8 Å². The minimum Gasteiger partial charge on any atom is -0.0614 e. The van der Waals surface area contributed by atoms with Gasteiger partial charge in [0.2, 0.25) is 0 Å². The van der Waals surface area contributed by atoms with Crippen molar-refractivity contribution < 1.29 is 0 Å². The number of rotatable bonds is 1. The van der Waals surface area contributed by atoms with E-state index in [1.54, 1.807) is 0 Å². The monoisotopic (exact) mass is 170 g/mol. The number of fused-ring (bicyclic) bond motifs is 1. The Labute approximate surface area is 79.2 Å². The number of benzene rings is 2. The summed E-state index contributed by atoms with van der Waals surface area (Å²) in [5.41, 5.74) is 2.79. The average Bonchev–Trinajstić information content (AvgIpc) is 2.17. The Morgan fingerprint density at radius 1 is 1.08 bits per heavy atom. The largest absolute Gasteiger partial charge is 0.0614 e. The van der Waals surface area contributed by atoms with Crippen molar-refractivity contribution in [1.82, 2.24) is 0 Å². The van der Waals surface area contributed by atoms with Crippen molar-refractivity contribution in [2.45, 2.75) is 20.3 Å². The maximum absolute atomic E-state index is 2.27. The van der Waals surface area contributed by atoms with Crippen molar-refractivity contribution in [2.24, 2.45) is 0 Å². The third kappa shape index (κ3) is 1.44. The van der Waals surface area contributed by atoms with Crippen LogP contribution in [-0.2, 0) is 6.42 Å². The minimum absolute atomic E-state index is 1.11. The molecule has 66 valence electrons. The third-order valence-corrected chi connectivity index (χ3v) is 2.51. The van der Waals surface area contributed by atoms with Crippen LogP contribution in [-0.4, -0.2) is 0 Å². The molecule has 0 bridgehead atoms. The van der Waals surface area contributed by atoms with Gasteiger partial charge < -0.3 is 0 Å². The minimum atomic E-state index is 1.11. The lowest BCUT2D eigenvalue weighted by molar-refractivity contribution is 1.16. The first-order chi connectivity index (χ1) is 6.31. The first-order valence-corrected chi connectivity index (χ1v) is 4.79. The Balaban J connectivity index is 2.79. The van der Waals surface area contributed by atoms with Gasteiger partial charge in [-0.2, -0.15) is 0 Å². The van der Waals surface area contributed by atoms with Gasteiger partial charge >= 0.3 is 0 Å². The zero-order valence-corrected chi connectivity index (χ0v) is 8.17. The standard InChI is InChI=1S/C13H14/c1-3-11-5-4-6-12-8-7-10(2)9-13(11)12/h4-9H,3H2,1-2H3. The van der Waals surface area contributed by atoms with E-state index in [1.165, 1.54) is 21.9 Å². The molecule has 0 heterocycles. The van der Waals surface area contributed by atoms with Crippen LogP contribution < -0.4 is 0 Å². The van der Waals surface area contributed by atoms with Crippen molar-refractivity contribution in [3.05, 3.63) is 47.5 Å². The highest BCUT2D eigenvalue weighted by molar-refractivity contribution is 5.86. The fourth-order valence-electron chi connectivity index (χ4n) is 1.76. The molecule has 0 N–H and O–H groups in total. The molecule has 2 aromatic rings. The smallest absolute Gasteiger partial charge is 0.0149 e. The van der Waals surface area contributed by atoms with Crippen LogP contribution in [0.1, 0.15) is 18.1 Å². The van der Waals surface area contributed by atoms with Crippen LogP contribution >= 0.6 is 0 Å². The molecule has 0 fully saturated rings. The highest BCUT2D eigenvalue weighted by Crippen LogP contribution is 2.20. The van der Waals surface area contributed by atoms with E-state index >= 15 is 0 Å². The van der Waals surface area contributed by atoms with Gasteiger partial charge in [0.05, 0.1) is 0 Å². The molecule has 13 heavy (non-hydrogen) atoms. The van der Waals surface area contributed by atoms with Gasteiger partial charge in [0.1, 0.15) is 0 Å². The summed E-state index contributed by atoms with van der Waals surface area (Å²) < 4.78 is 0. The average molecular weight is 170 g/mol. The first-order valence-electron chi connectivity index (χ1n) is 4.79. The lowest BCUT2D eigenvalue weighted by Crippen LogP contribution is -1.83. The van der Waals surface area contributed by atoms with Crippen LogP contribution in [0.15, 0.2) is 36.4 Å². The summed E-state index contributed by atoms with van der Waals surface area (Å²) in [5, 5.41) is 2.76. The van der Waals surface area contributed by atoms with E-state index in [9.17, 15) is 0 Å². The maximum Gasteiger partial charge on any atom is -0.0149 e. The first kappa shape index (κ1) is 8.31. The fourth-order valence-corrected chi connectivity index (χ4v) is 1.76. The predicted molar refractivity (Wildman–Crippen MR) is 58.1 cm³/mol. The Hall–Kier alpha value is -1.30. The SMILES string of the molecule is CCc1cccc2ccc(C)cc12. The van der Waals surface area contributed by atoms with Gasteiger partial charge in [-0.15, -0.1) is 0 Å². The van der Waals surface area contributed by atoms with Crippen LogP contribution in [0.4, 0.5) is 0 Å². The van der Waals surface area contributed by atoms with E-state index in [0.29, 0.717) is 0 Å². The normalized spacial score (nSPS) is 10.6. The van der Waals surface area contributed by atoms with Crippen LogP contribution in [0.5, 0.6) is 0 Å². The number of aryl methyl sites for hydroxylation is 2. The van der Waals surface area contributed by atoms with E-state index < -0.39 is 0 Å². The zero-order valence-electron chi connectivity index (χ0n) is 8.17. The lowest BCUT2D eigenvalue weighted by Gasteiger charge is -2.04. The second-order valence-electron chi connectivity index (χ2n) is 3.50. The quantitative estimate of drug-likeness (QED) is 0.612. The van der Waals surface area contributed by atoms with Gasteiger partial charge in [-0.1, -0.05) is 48.9 Å². The molecule has 0 aliphatic heterocycles. The summed E-state index contributed by atoms with van der Waals surface area (Å²) >= 11 is 0. The van der Waals surface area contributed by atoms with E-state index in [-0.39, 0.29) is 0 Å². The van der Waals surface area contributed by atoms with Gasteiger partial charge in [-0.05, 0) is 29.7 Å². The van der Waals surface area contributed by atoms with Crippen LogP contribution in [0.3, 0.4) is 0 Å². The summed E-state index contributed by atoms with van der Waals surface area (Å²) in [7, 11) is 0. The van der Waals surface area contributed by atoms with Crippen molar-refractivity contribution >= 4 is 10.8 Å². The second kappa shape index (κ2) is 3.21. The topological polar surface area (TPSA) is 0 Å². The molecule has 0 atom stereocenters. The Bertz CT molecular complexity index is 427. The van der Waals surface area contributed by atoms with Gasteiger partial charge in [0.15, 0.2) is 0 Å². The highest BCUT2D eigenvalue weighted by Gasteiger charge is 1.97. The van der Waals surface area contributed by atoms with Gasteiger partial charge in [0.25, 0.3) is 0 Å². The highest BCUT2D eigenvalue weighted by atomic mass is 14.0. The van der Waals surface area contributed by atoms with Crippen molar-refractivity contribution in [2.75, 3.05) is 0 Å². The summed E-state index contributed by atoms with van der Waals surface area (Å²) in [6, 6.07) is 13.2.